The molecular weight excluding hydrogens is 619 g/mol. The van der Waals surface area contributed by atoms with Crippen LogP contribution in [0.5, 0.6) is 0 Å². The summed E-state index contributed by atoms with van der Waals surface area (Å²) in [6, 6.07) is 34.0. The molecule has 0 radical (unpaired) electrons. The number of fused-ring (bicyclic) bond motifs is 6. The highest BCUT2D eigenvalue weighted by atomic mass is 15.2. The van der Waals surface area contributed by atoms with E-state index in [1.165, 1.54) is 61.0 Å². The second-order valence-corrected chi connectivity index (χ2v) is 14.1. The van der Waals surface area contributed by atoms with Crippen molar-refractivity contribution in [3.8, 4) is 16.9 Å². The van der Waals surface area contributed by atoms with E-state index >= 15 is 0 Å². The molecule has 0 aliphatic carbocycles. The Morgan fingerprint density at radius 3 is 2.29 bits per heavy atom. The highest BCUT2D eigenvalue weighted by Gasteiger charge is 2.51. The lowest BCUT2D eigenvalue weighted by atomic mass is 9.69. The summed E-state index contributed by atoms with van der Waals surface area (Å²) < 4.78 is 5.08. The number of pyridine rings is 1. The Hall–Kier alpha value is -5.15. The zero-order valence-electron chi connectivity index (χ0n) is 31.3. The molecule has 3 heterocycles. The van der Waals surface area contributed by atoms with E-state index in [1.54, 1.807) is 0 Å². The van der Waals surface area contributed by atoms with Crippen LogP contribution in [-0.2, 0) is 12.0 Å². The van der Waals surface area contributed by atoms with E-state index in [2.05, 4.69) is 172 Å². The molecular formula is C48H52N3+. The monoisotopic (exact) mass is 670 g/mol. The summed E-state index contributed by atoms with van der Waals surface area (Å²) in [7, 11) is 0. The molecule has 1 atom stereocenters. The van der Waals surface area contributed by atoms with E-state index in [0.717, 1.165) is 49.2 Å². The maximum atomic E-state index is 4.28. The van der Waals surface area contributed by atoms with Crippen LogP contribution in [0.3, 0.4) is 0 Å². The standard InChI is InChI=1S/C48H52N3/c1-9-20-45-38(12-4)41-23-18-19-24-46(41)51(45)36-26-28-44(33(8)31-36)50(35(10-2)11-3)37-25-27-40-42(32-37)47-39-22-17-16-21-34(39)29-30-49(47)48(14-6,15-7)43(40)13-5/h10-12,16-19,21-32,43H,2,4,9,13-15,20H2,1,3,5-8H3/q+1. The first-order valence-corrected chi connectivity index (χ1v) is 18.9. The number of hydrogen-bond donors (Lipinski definition) is 0. The van der Waals surface area contributed by atoms with Gasteiger partial charge in [-0.25, -0.2) is 0 Å². The number of nitrogens with zero attached hydrogens (tertiary/aromatic N) is 3. The third kappa shape index (κ3) is 5.28. The van der Waals surface area contributed by atoms with Gasteiger partial charge < -0.3 is 9.47 Å². The largest absolute Gasteiger partial charge is 0.313 e. The minimum Gasteiger partial charge on any atom is -0.313 e. The van der Waals surface area contributed by atoms with Gasteiger partial charge in [-0.1, -0.05) is 102 Å². The van der Waals surface area contributed by atoms with E-state index in [1.807, 2.05) is 12.2 Å². The van der Waals surface area contributed by atoms with Crippen LogP contribution in [-0.4, -0.2) is 4.57 Å². The van der Waals surface area contributed by atoms with Crippen LogP contribution >= 0.6 is 0 Å². The van der Waals surface area contributed by atoms with Crippen molar-refractivity contribution in [3.05, 3.63) is 151 Å². The second-order valence-electron chi connectivity index (χ2n) is 14.1. The Morgan fingerprint density at radius 1 is 0.882 bits per heavy atom. The van der Waals surface area contributed by atoms with Gasteiger partial charge in [0.05, 0.1) is 16.5 Å². The number of aromatic nitrogens is 2. The number of anilines is 2. The van der Waals surface area contributed by atoms with Gasteiger partial charge in [0.1, 0.15) is 0 Å². The zero-order valence-corrected chi connectivity index (χ0v) is 31.3. The number of allylic oxidation sites excluding steroid dienone is 2. The molecule has 1 aliphatic heterocycles. The molecule has 0 saturated carbocycles. The van der Waals surface area contributed by atoms with Crippen molar-refractivity contribution >= 4 is 39.1 Å². The van der Waals surface area contributed by atoms with E-state index in [0.29, 0.717) is 5.92 Å². The van der Waals surface area contributed by atoms with Crippen molar-refractivity contribution in [2.45, 2.75) is 85.1 Å². The Kier molecular flexibility index (Phi) is 9.33. The lowest BCUT2D eigenvalue weighted by molar-refractivity contribution is -0.761. The van der Waals surface area contributed by atoms with Crippen molar-refractivity contribution in [3.63, 3.8) is 0 Å². The van der Waals surface area contributed by atoms with Gasteiger partial charge in [-0.05, 0) is 91.7 Å². The first kappa shape index (κ1) is 34.3. The lowest BCUT2D eigenvalue weighted by Gasteiger charge is -2.40. The molecule has 0 amide bonds. The summed E-state index contributed by atoms with van der Waals surface area (Å²) in [5, 5.41) is 3.84. The average Bonchev–Trinajstić information content (AvgIpc) is 3.49. The van der Waals surface area contributed by atoms with Crippen molar-refractivity contribution in [2.24, 2.45) is 0 Å². The summed E-state index contributed by atoms with van der Waals surface area (Å²) in [5.74, 6) is 0.416. The van der Waals surface area contributed by atoms with Gasteiger partial charge in [0.15, 0.2) is 11.7 Å². The van der Waals surface area contributed by atoms with E-state index < -0.39 is 0 Å². The molecule has 51 heavy (non-hydrogen) atoms. The fourth-order valence-electron chi connectivity index (χ4n) is 9.31. The Labute approximate surface area is 304 Å². The minimum absolute atomic E-state index is 0.0229. The Balaban J connectivity index is 1.44. The summed E-state index contributed by atoms with van der Waals surface area (Å²) in [6.07, 6.45) is 13.8. The van der Waals surface area contributed by atoms with Crippen molar-refractivity contribution in [2.75, 3.05) is 4.90 Å². The fraction of sp³-hybridized carbons (Fsp3) is 0.271. The molecule has 2 aromatic heterocycles. The first-order valence-electron chi connectivity index (χ1n) is 18.9. The molecule has 0 spiro atoms. The van der Waals surface area contributed by atoms with Crippen LogP contribution in [0.2, 0.25) is 0 Å². The fourth-order valence-corrected chi connectivity index (χ4v) is 9.31. The molecule has 1 aliphatic rings. The highest BCUT2D eigenvalue weighted by molar-refractivity contribution is 5.95. The quantitative estimate of drug-likeness (QED) is 0.0987. The number of para-hydroxylation sites is 1. The number of aryl methyl sites for hydroxylation is 1. The third-order valence-corrected chi connectivity index (χ3v) is 11.7. The van der Waals surface area contributed by atoms with E-state index in [-0.39, 0.29) is 5.54 Å². The van der Waals surface area contributed by atoms with Crippen LogP contribution < -0.4 is 9.47 Å². The third-order valence-electron chi connectivity index (χ3n) is 11.7. The average molecular weight is 671 g/mol. The summed E-state index contributed by atoms with van der Waals surface area (Å²) in [5.41, 5.74) is 13.6. The maximum absolute atomic E-state index is 4.28. The van der Waals surface area contributed by atoms with Gasteiger partial charge in [-0.3, -0.25) is 0 Å². The molecule has 3 heteroatoms. The molecule has 7 rings (SSSR count). The smallest absolute Gasteiger partial charge is 0.221 e. The summed E-state index contributed by atoms with van der Waals surface area (Å²) >= 11 is 0. The zero-order chi connectivity index (χ0) is 35.9. The molecule has 1 unspecified atom stereocenters. The van der Waals surface area contributed by atoms with Gasteiger partial charge in [0.2, 0.25) is 5.69 Å². The van der Waals surface area contributed by atoms with E-state index in [4.69, 9.17) is 0 Å². The predicted molar refractivity (Wildman–Crippen MR) is 219 cm³/mol. The number of benzene rings is 4. The lowest BCUT2D eigenvalue weighted by Crippen LogP contribution is -2.62. The molecule has 3 nitrogen and oxygen atoms in total. The molecule has 4 aromatic carbocycles. The van der Waals surface area contributed by atoms with Crippen molar-refractivity contribution in [1.82, 2.24) is 4.57 Å². The van der Waals surface area contributed by atoms with Crippen LogP contribution in [0, 0.1) is 6.92 Å². The maximum Gasteiger partial charge on any atom is 0.221 e. The molecule has 0 fully saturated rings. The van der Waals surface area contributed by atoms with Gasteiger partial charge in [0, 0.05) is 64.2 Å². The number of hydrogen-bond acceptors (Lipinski definition) is 1. The Morgan fingerprint density at radius 2 is 1.63 bits per heavy atom. The minimum atomic E-state index is 0.0229. The summed E-state index contributed by atoms with van der Waals surface area (Å²) in [4.78, 5) is 2.39. The predicted octanol–water partition coefficient (Wildman–Crippen LogP) is 12.9. The van der Waals surface area contributed by atoms with Crippen LogP contribution in [0.4, 0.5) is 11.4 Å². The molecule has 6 aromatic rings. The highest BCUT2D eigenvalue weighted by Crippen LogP contribution is 2.50. The van der Waals surface area contributed by atoms with Gasteiger partial charge in [0.25, 0.3) is 0 Å². The van der Waals surface area contributed by atoms with Crippen molar-refractivity contribution in [1.29, 1.82) is 0 Å². The first-order chi connectivity index (χ1) is 24.9. The van der Waals surface area contributed by atoms with Crippen LogP contribution in [0.15, 0.2) is 128 Å². The van der Waals surface area contributed by atoms with E-state index in [9.17, 15) is 0 Å². The van der Waals surface area contributed by atoms with Gasteiger partial charge in [-0.2, -0.15) is 4.57 Å². The van der Waals surface area contributed by atoms with Crippen molar-refractivity contribution < 1.29 is 4.57 Å². The normalized spacial score (nSPS) is 15.1. The Bertz CT molecular complexity index is 2310. The molecule has 0 bridgehead atoms. The van der Waals surface area contributed by atoms with Gasteiger partial charge >= 0.3 is 0 Å². The van der Waals surface area contributed by atoms with Gasteiger partial charge in [-0.15, -0.1) is 0 Å². The molecule has 0 N–H and O–H groups in total. The SMILES string of the molecule is C=CC(=CC)N(c1ccc2c(c1)-c1c3ccccc3cc[n+]1C(CC)(CC)C2CC)c1ccc(-n2c(CCC)c(C=C)c3ccccc32)cc1C. The van der Waals surface area contributed by atoms with Crippen LogP contribution in [0.1, 0.15) is 88.6 Å². The molecule has 0 saturated heterocycles. The topological polar surface area (TPSA) is 12.1 Å². The van der Waals surface area contributed by atoms with Crippen LogP contribution in [0.25, 0.3) is 44.7 Å². The summed E-state index contributed by atoms with van der Waals surface area (Å²) in [6.45, 7) is 22.2. The second kappa shape index (κ2) is 13.9. The number of rotatable bonds is 11. The molecule has 258 valence electrons.